The van der Waals surface area contributed by atoms with Gasteiger partial charge in [0, 0.05) is 11.1 Å². The lowest BCUT2D eigenvalue weighted by molar-refractivity contribution is 0.402. The second kappa shape index (κ2) is 15.2. The van der Waals surface area contributed by atoms with Crippen molar-refractivity contribution in [2.75, 3.05) is 42.7 Å². The quantitative estimate of drug-likeness (QED) is 0.143. The van der Waals surface area contributed by atoms with E-state index in [1.54, 1.807) is 152 Å². The molecule has 0 aliphatic heterocycles. The van der Waals surface area contributed by atoms with Crippen molar-refractivity contribution in [1.29, 1.82) is 0 Å². The molecule has 236 valence electrons. The molecule has 0 spiro atoms. The van der Waals surface area contributed by atoms with Gasteiger partial charge in [0.05, 0.1) is 42.7 Å². The number of methoxy groups -OCH3 is 6. The Morgan fingerprint density at radius 1 is 0.467 bits per heavy atom. The van der Waals surface area contributed by atoms with Crippen LogP contribution in [0.15, 0.2) is 97.1 Å². The van der Waals surface area contributed by atoms with Crippen molar-refractivity contribution in [1.82, 2.24) is 0 Å². The summed E-state index contributed by atoms with van der Waals surface area (Å²) in [5, 5.41) is -2.11. The minimum absolute atomic E-state index is 0.569. The number of ether oxygens (including phenoxy) is 6. The van der Waals surface area contributed by atoms with Crippen LogP contribution in [0.1, 0.15) is 32.8 Å². The summed E-state index contributed by atoms with van der Waals surface area (Å²) in [6.07, 6.45) is 6.83. The molecule has 4 aromatic carbocycles. The van der Waals surface area contributed by atoms with E-state index in [1.807, 2.05) is 0 Å². The van der Waals surface area contributed by atoms with Gasteiger partial charge < -0.3 is 28.4 Å². The zero-order valence-corrected chi connectivity index (χ0v) is 27.0. The molecule has 0 amide bonds. The molecule has 8 nitrogen and oxygen atoms in total. The van der Waals surface area contributed by atoms with Crippen LogP contribution in [0.2, 0.25) is 0 Å². The minimum Gasteiger partial charge on any atom is -0.497 e. The van der Waals surface area contributed by atoms with Crippen LogP contribution in [0.25, 0.3) is 12.2 Å². The first kappa shape index (κ1) is 33.0. The van der Waals surface area contributed by atoms with Crippen molar-refractivity contribution in [2.45, 2.75) is 10.5 Å². The topological polar surface area (TPSA) is 89.5 Å². The van der Waals surface area contributed by atoms with Crippen LogP contribution in [0.3, 0.4) is 0 Å². The summed E-state index contributed by atoms with van der Waals surface area (Å²) >= 11 is 0. The molecule has 0 heterocycles. The van der Waals surface area contributed by atoms with Crippen LogP contribution in [-0.2, 0) is 9.84 Å². The number of hydrogen-bond acceptors (Lipinski definition) is 8. The van der Waals surface area contributed by atoms with Crippen molar-refractivity contribution in [3.05, 3.63) is 119 Å². The lowest BCUT2D eigenvalue weighted by Crippen LogP contribution is -2.19. The molecule has 0 radical (unpaired) electrons. The standard InChI is InChI=1S/C36H38O8S/c1-39-29-13-7-25(8-14-29)35(21-11-27-23-31(41-3)17-19-33(27)43-5)45(37,38)36(26-9-15-30(40-2)16-10-26)22-12-28-24-32(42-4)18-20-34(28)44-6/h7-24,35-36H,1-6H3/b21-11+,22-12+. The molecule has 4 aromatic rings. The van der Waals surface area contributed by atoms with Gasteiger partial charge in [0.1, 0.15) is 45.0 Å². The third-order valence-electron chi connectivity index (χ3n) is 7.37. The molecule has 0 saturated carbocycles. The first-order chi connectivity index (χ1) is 21.8. The molecular formula is C36H38O8S. The average molecular weight is 631 g/mol. The Kier molecular flexibility index (Phi) is 11.2. The van der Waals surface area contributed by atoms with Gasteiger partial charge >= 0.3 is 0 Å². The SMILES string of the molecule is COc1ccc(C(/C=C/c2cc(OC)ccc2OC)S(=O)(=O)C(/C=C/c2cc(OC)ccc2OC)c2ccc(OC)cc2)cc1. The molecule has 45 heavy (non-hydrogen) atoms. The van der Waals surface area contributed by atoms with Crippen LogP contribution in [-0.4, -0.2) is 51.1 Å². The summed E-state index contributed by atoms with van der Waals surface area (Å²) in [4.78, 5) is 0. The second-order valence-corrected chi connectivity index (χ2v) is 12.1. The van der Waals surface area contributed by atoms with Gasteiger partial charge in [-0.15, -0.1) is 0 Å². The lowest BCUT2D eigenvalue weighted by Gasteiger charge is -2.22. The van der Waals surface area contributed by atoms with Crippen LogP contribution >= 0.6 is 0 Å². The molecule has 0 bridgehead atoms. The zero-order valence-electron chi connectivity index (χ0n) is 26.2. The fourth-order valence-electron chi connectivity index (χ4n) is 4.89. The Balaban J connectivity index is 1.90. The van der Waals surface area contributed by atoms with Crippen LogP contribution < -0.4 is 28.4 Å². The molecule has 0 aliphatic rings. The molecule has 0 N–H and O–H groups in total. The zero-order chi connectivity index (χ0) is 32.4. The third kappa shape index (κ3) is 7.80. The van der Waals surface area contributed by atoms with Gasteiger partial charge in [0.25, 0.3) is 0 Å². The highest BCUT2D eigenvalue weighted by Gasteiger charge is 2.34. The lowest BCUT2D eigenvalue weighted by atomic mass is 10.1. The maximum Gasteiger partial charge on any atom is 0.171 e. The van der Waals surface area contributed by atoms with Crippen molar-refractivity contribution in [3.8, 4) is 34.5 Å². The van der Waals surface area contributed by atoms with E-state index in [4.69, 9.17) is 28.4 Å². The van der Waals surface area contributed by atoms with Crippen molar-refractivity contribution in [3.63, 3.8) is 0 Å². The van der Waals surface area contributed by atoms with Crippen molar-refractivity contribution in [2.24, 2.45) is 0 Å². The molecule has 2 atom stereocenters. The predicted molar refractivity (Wildman–Crippen MR) is 178 cm³/mol. The highest BCUT2D eigenvalue weighted by atomic mass is 32.2. The van der Waals surface area contributed by atoms with Gasteiger partial charge in [-0.25, -0.2) is 8.42 Å². The van der Waals surface area contributed by atoms with E-state index >= 15 is 0 Å². The highest BCUT2D eigenvalue weighted by Crippen LogP contribution is 2.39. The fraction of sp³-hybridized carbons (Fsp3) is 0.222. The van der Waals surface area contributed by atoms with Crippen LogP contribution in [0, 0.1) is 0 Å². The van der Waals surface area contributed by atoms with Gasteiger partial charge in [0.2, 0.25) is 0 Å². The number of rotatable bonds is 14. The molecule has 0 aliphatic carbocycles. The first-order valence-corrected chi connectivity index (χ1v) is 15.7. The second-order valence-electron chi connectivity index (χ2n) is 9.91. The van der Waals surface area contributed by atoms with E-state index in [2.05, 4.69) is 0 Å². The van der Waals surface area contributed by atoms with E-state index in [-0.39, 0.29) is 0 Å². The summed E-state index contributed by atoms with van der Waals surface area (Å²) < 4.78 is 62.3. The minimum atomic E-state index is -4.02. The Bertz CT molecular complexity index is 1600. The first-order valence-electron chi connectivity index (χ1n) is 14.1. The predicted octanol–water partition coefficient (Wildman–Crippen LogP) is 7.36. The maximum absolute atomic E-state index is 14.9. The Morgan fingerprint density at radius 3 is 1.11 bits per heavy atom. The van der Waals surface area contributed by atoms with Gasteiger partial charge in [0.15, 0.2) is 9.84 Å². The van der Waals surface area contributed by atoms with Crippen molar-refractivity contribution < 1.29 is 36.8 Å². The molecule has 4 rings (SSSR count). The van der Waals surface area contributed by atoms with E-state index in [1.165, 1.54) is 0 Å². The van der Waals surface area contributed by atoms with Gasteiger partial charge in [-0.3, -0.25) is 0 Å². The highest BCUT2D eigenvalue weighted by molar-refractivity contribution is 7.92. The molecule has 0 saturated heterocycles. The Hall–Kier alpha value is -4.89. The Labute approximate surface area is 265 Å². The smallest absolute Gasteiger partial charge is 0.171 e. The van der Waals surface area contributed by atoms with Crippen LogP contribution in [0.5, 0.6) is 34.5 Å². The van der Waals surface area contributed by atoms with Gasteiger partial charge in [-0.2, -0.15) is 0 Å². The third-order valence-corrected chi connectivity index (χ3v) is 9.65. The number of hydrogen-bond donors (Lipinski definition) is 0. The molecule has 2 unspecified atom stereocenters. The summed E-state index contributed by atoms with van der Waals surface area (Å²) in [7, 11) is 5.38. The molecule has 0 aromatic heterocycles. The van der Waals surface area contributed by atoms with Crippen LogP contribution in [0.4, 0.5) is 0 Å². The van der Waals surface area contributed by atoms with E-state index in [0.29, 0.717) is 56.8 Å². The fourth-order valence-corrected chi connectivity index (χ4v) is 6.87. The number of sulfone groups is 1. The average Bonchev–Trinajstić information content (AvgIpc) is 3.08. The largest absolute Gasteiger partial charge is 0.497 e. The Morgan fingerprint density at radius 2 is 0.800 bits per heavy atom. The maximum atomic E-state index is 14.9. The molecular weight excluding hydrogens is 592 g/mol. The molecule has 9 heteroatoms. The van der Waals surface area contributed by atoms with Gasteiger partial charge in [-0.05, 0) is 71.8 Å². The number of benzene rings is 4. The van der Waals surface area contributed by atoms with E-state index in [0.717, 1.165) is 0 Å². The van der Waals surface area contributed by atoms with Gasteiger partial charge in [-0.1, -0.05) is 48.6 Å². The summed E-state index contributed by atoms with van der Waals surface area (Å²) in [6, 6.07) is 24.7. The monoisotopic (exact) mass is 630 g/mol. The van der Waals surface area contributed by atoms with Crippen molar-refractivity contribution >= 4 is 22.0 Å². The van der Waals surface area contributed by atoms with E-state index in [9.17, 15) is 8.42 Å². The summed E-state index contributed by atoms with van der Waals surface area (Å²) in [6.45, 7) is 0. The summed E-state index contributed by atoms with van der Waals surface area (Å²) in [5.41, 5.74) is 2.48. The normalized spacial score (nSPS) is 12.9. The molecule has 0 fully saturated rings. The summed E-state index contributed by atoms with van der Waals surface area (Å²) in [5.74, 6) is 3.62. The van der Waals surface area contributed by atoms with E-state index < -0.39 is 20.3 Å².